The number of aryl methyl sites for hydroxylation is 1. The summed E-state index contributed by atoms with van der Waals surface area (Å²) >= 11 is 0.740. The molecule has 1 atom stereocenters. The van der Waals surface area contributed by atoms with Crippen molar-refractivity contribution in [1.29, 1.82) is 0 Å². The lowest BCUT2D eigenvalue weighted by Crippen LogP contribution is -2.35. The lowest BCUT2D eigenvalue weighted by Gasteiger charge is -2.26. The van der Waals surface area contributed by atoms with Crippen molar-refractivity contribution in [1.82, 2.24) is 9.29 Å². The molecule has 108 valence electrons. The molecular formula is C11H18N2O4S2. The van der Waals surface area contributed by atoms with Crippen LogP contribution in [0.5, 0.6) is 0 Å². The van der Waals surface area contributed by atoms with Crippen LogP contribution in [0.1, 0.15) is 18.5 Å². The van der Waals surface area contributed by atoms with Gasteiger partial charge < -0.3 is 9.72 Å². The minimum absolute atomic E-state index is 0.108. The summed E-state index contributed by atoms with van der Waals surface area (Å²) in [6.45, 7) is 3.38. The normalized spacial score (nSPS) is 20.9. The quantitative estimate of drug-likeness (QED) is 0.892. The topological polar surface area (TPSA) is 79.5 Å². The first-order valence-electron chi connectivity index (χ1n) is 6.15. The fraction of sp³-hybridized carbons (Fsp3) is 0.727. The van der Waals surface area contributed by atoms with Gasteiger partial charge in [0.2, 0.25) is 0 Å². The monoisotopic (exact) mass is 306 g/mol. The zero-order valence-corrected chi connectivity index (χ0v) is 12.6. The van der Waals surface area contributed by atoms with E-state index in [4.69, 9.17) is 4.74 Å². The number of H-pyrrole nitrogens is 1. The molecule has 1 aromatic heterocycles. The van der Waals surface area contributed by atoms with E-state index in [0.717, 1.165) is 30.8 Å². The van der Waals surface area contributed by atoms with Crippen molar-refractivity contribution in [2.45, 2.75) is 24.0 Å². The van der Waals surface area contributed by atoms with Crippen LogP contribution in [0.4, 0.5) is 0 Å². The highest BCUT2D eigenvalue weighted by atomic mass is 32.2. The number of aromatic amines is 1. The highest BCUT2D eigenvalue weighted by Crippen LogP contribution is 2.22. The summed E-state index contributed by atoms with van der Waals surface area (Å²) in [6.07, 6.45) is 1.94. The first-order chi connectivity index (χ1) is 8.91. The highest BCUT2D eigenvalue weighted by Gasteiger charge is 2.28. The van der Waals surface area contributed by atoms with Gasteiger partial charge in [-0.3, -0.25) is 4.79 Å². The molecule has 1 aromatic rings. The molecule has 6 nitrogen and oxygen atoms in total. The second kappa shape index (κ2) is 5.74. The predicted octanol–water partition coefficient (Wildman–Crippen LogP) is 0.792. The molecule has 2 heterocycles. The maximum Gasteiger partial charge on any atom is 0.305 e. The molecule has 1 unspecified atom stereocenters. The van der Waals surface area contributed by atoms with Crippen LogP contribution in [-0.4, -0.2) is 44.5 Å². The third kappa shape index (κ3) is 3.25. The molecule has 1 aliphatic heterocycles. The van der Waals surface area contributed by atoms with Crippen LogP contribution in [0.3, 0.4) is 0 Å². The number of sulfonamides is 1. The van der Waals surface area contributed by atoms with Gasteiger partial charge in [-0.25, -0.2) is 8.42 Å². The first kappa shape index (κ1) is 14.7. The standard InChI is InChI=1S/C11H18N2O4S2/c1-8-10(18-11(14)12-8)19(15,16)13(2)6-9-4-3-5-17-7-9/h9H,3-7H2,1-2H3,(H,12,14). The number of hydrogen-bond donors (Lipinski definition) is 1. The van der Waals surface area contributed by atoms with Gasteiger partial charge in [-0.05, 0) is 25.7 Å². The lowest BCUT2D eigenvalue weighted by atomic mass is 10.0. The molecule has 0 aromatic carbocycles. The number of nitrogens with zero attached hydrogens (tertiary/aromatic N) is 1. The molecule has 8 heteroatoms. The van der Waals surface area contributed by atoms with Crippen molar-refractivity contribution in [3.63, 3.8) is 0 Å². The van der Waals surface area contributed by atoms with E-state index in [1.807, 2.05) is 0 Å². The third-order valence-corrected chi connectivity index (χ3v) is 6.60. The Morgan fingerprint density at radius 1 is 1.53 bits per heavy atom. The summed E-state index contributed by atoms with van der Waals surface area (Å²) in [4.78, 5) is 13.4. The maximum absolute atomic E-state index is 12.4. The Hall–Kier alpha value is -0.700. The Balaban J connectivity index is 2.14. The molecule has 0 bridgehead atoms. The summed E-state index contributed by atoms with van der Waals surface area (Å²) < 4.78 is 31.5. The summed E-state index contributed by atoms with van der Waals surface area (Å²) in [6, 6.07) is 0. The zero-order valence-electron chi connectivity index (χ0n) is 11.0. The van der Waals surface area contributed by atoms with Crippen molar-refractivity contribution < 1.29 is 13.2 Å². The van der Waals surface area contributed by atoms with Crippen LogP contribution in [0, 0.1) is 12.8 Å². The molecule has 1 N–H and O–H groups in total. The van der Waals surface area contributed by atoms with Gasteiger partial charge >= 0.3 is 4.87 Å². The molecule has 0 spiro atoms. The van der Waals surface area contributed by atoms with E-state index in [1.165, 1.54) is 4.31 Å². The molecule has 1 fully saturated rings. The molecular weight excluding hydrogens is 288 g/mol. The Morgan fingerprint density at radius 3 is 2.79 bits per heavy atom. The Bertz CT molecular complexity index is 584. The average molecular weight is 306 g/mol. The van der Waals surface area contributed by atoms with Crippen molar-refractivity contribution in [3.05, 3.63) is 15.4 Å². The van der Waals surface area contributed by atoms with Crippen LogP contribution >= 0.6 is 11.3 Å². The molecule has 0 amide bonds. The van der Waals surface area contributed by atoms with Crippen LogP contribution in [0.25, 0.3) is 0 Å². The number of thiazole rings is 1. The first-order valence-corrected chi connectivity index (χ1v) is 8.40. The summed E-state index contributed by atoms with van der Waals surface area (Å²) in [5, 5.41) is 0. The Labute approximate surface area is 116 Å². The number of aromatic nitrogens is 1. The van der Waals surface area contributed by atoms with Gasteiger partial charge in [-0.15, -0.1) is 0 Å². The third-order valence-electron chi connectivity index (χ3n) is 3.20. The van der Waals surface area contributed by atoms with Crippen LogP contribution in [0.2, 0.25) is 0 Å². The van der Waals surface area contributed by atoms with Crippen molar-refractivity contribution in [2.24, 2.45) is 5.92 Å². The average Bonchev–Trinajstić information content (AvgIpc) is 2.70. The molecule has 1 saturated heterocycles. The second-order valence-electron chi connectivity index (χ2n) is 4.80. The molecule has 0 radical (unpaired) electrons. The minimum Gasteiger partial charge on any atom is -0.381 e. The van der Waals surface area contributed by atoms with E-state index in [9.17, 15) is 13.2 Å². The van der Waals surface area contributed by atoms with Crippen molar-refractivity contribution in [2.75, 3.05) is 26.8 Å². The van der Waals surface area contributed by atoms with Gasteiger partial charge in [-0.2, -0.15) is 4.31 Å². The van der Waals surface area contributed by atoms with E-state index in [0.29, 0.717) is 18.8 Å². The SMILES string of the molecule is Cc1[nH]c(=O)sc1S(=O)(=O)N(C)CC1CCCOC1. The van der Waals surface area contributed by atoms with Gasteiger partial charge in [0, 0.05) is 25.9 Å². The molecule has 0 saturated carbocycles. The van der Waals surface area contributed by atoms with E-state index in [1.54, 1.807) is 14.0 Å². The predicted molar refractivity (Wildman–Crippen MR) is 73.0 cm³/mol. The van der Waals surface area contributed by atoms with E-state index in [-0.39, 0.29) is 15.0 Å². The number of hydrogen-bond acceptors (Lipinski definition) is 5. The second-order valence-corrected chi connectivity index (χ2v) is 8.02. The molecule has 2 rings (SSSR count). The maximum atomic E-state index is 12.4. The Morgan fingerprint density at radius 2 is 2.26 bits per heavy atom. The minimum atomic E-state index is -3.58. The summed E-state index contributed by atoms with van der Waals surface area (Å²) in [7, 11) is -2.03. The van der Waals surface area contributed by atoms with E-state index in [2.05, 4.69) is 4.98 Å². The summed E-state index contributed by atoms with van der Waals surface area (Å²) in [5.74, 6) is 0.226. The van der Waals surface area contributed by atoms with Gasteiger partial charge in [0.25, 0.3) is 10.0 Å². The molecule has 19 heavy (non-hydrogen) atoms. The molecule has 0 aliphatic carbocycles. The van der Waals surface area contributed by atoms with E-state index < -0.39 is 10.0 Å². The lowest BCUT2D eigenvalue weighted by molar-refractivity contribution is 0.0495. The van der Waals surface area contributed by atoms with Gasteiger partial charge in [0.15, 0.2) is 4.21 Å². The van der Waals surface area contributed by atoms with Gasteiger partial charge in [-0.1, -0.05) is 11.3 Å². The van der Waals surface area contributed by atoms with Gasteiger partial charge in [0.1, 0.15) is 0 Å². The number of nitrogens with one attached hydrogen (secondary N) is 1. The van der Waals surface area contributed by atoms with Crippen molar-refractivity contribution >= 4 is 21.4 Å². The van der Waals surface area contributed by atoms with Gasteiger partial charge in [0.05, 0.1) is 6.61 Å². The van der Waals surface area contributed by atoms with Crippen LogP contribution < -0.4 is 4.87 Å². The highest BCUT2D eigenvalue weighted by molar-refractivity contribution is 7.91. The van der Waals surface area contributed by atoms with Crippen LogP contribution in [-0.2, 0) is 14.8 Å². The number of rotatable bonds is 4. The zero-order chi connectivity index (χ0) is 14.0. The van der Waals surface area contributed by atoms with Crippen molar-refractivity contribution in [3.8, 4) is 0 Å². The largest absolute Gasteiger partial charge is 0.381 e. The fourth-order valence-electron chi connectivity index (χ4n) is 2.19. The van der Waals surface area contributed by atoms with E-state index >= 15 is 0 Å². The smallest absolute Gasteiger partial charge is 0.305 e. The fourth-order valence-corrected chi connectivity index (χ4v) is 4.93. The number of ether oxygens (including phenoxy) is 1. The summed E-state index contributed by atoms with van der Waals surface area (Å²) in [5.41, 5.74) is 0.404. The van der Waals surface area contributed by atoms with Crippen LogP contribution in [0.15, 0.2) is 9.00 Å². The molecule has 1 aliphatic rings. The Kier molecular flexibility index (Phi) is 4.44.